The van der Waals surface area contributed by atoms with E-state index in [9.17, 15) is 4.79 Å². The molecular formula is C10H16N4OS. The van der Waals surface area contributed by atoms with Crippen molar-refractivity contribution in [2.24, 2.45) is 0 Å². The van der Waals surface area contributed by atoms with Gasteiger partial charge < -0.3 is 10.6 Å². The van der Waals surface area contributed by atoms with E-state index in [4.69, 9.17) is 0 Å². The molecule has 2 rings (SSSR count). The van der Waals surface area contributed by atoms with E-state index in [-0.39, 0.29) is 5.91 Å². The van der Waals surface area contributed by atoms with Gasteiger partial charge in [0.15, 0.2) is 0 Å². The zero-order valence-corrected chi connectivity index (χ0v) is 10.1. The molecule has 1 atom stereocenters. The van der Waals surface area contributed by atoms with Gasteiger partial charge in [-0.1, -0.05) is 0 Å². The van der Waals surface area contributed by atoms with Gasteiger partial charge in [0.1, 0.15) is 5.82 Å². The maximum Gasteiger partial charge on any atom is 0.227 e. The van der Waals surface area contributed by atoms with Crippen LogP contribution in [-0.4, -0.2) is 40.2 Å². The minimum Gasteiger partial charge on any atom is -0.312 e. The van der Waals surface area contributed by atoms with Crippen molar-refractivity contribution in [1.82, 2.24) is 15.5 Å². The molecule has 5 nitrogen and oxygen atoms in total. The van der Waals surface area contributed by atoms with Crippen molar-refractivity contribution in [2.45, 2.75) is 19.4 Å². The first kappa shape index (κ1) is 11.5. The Hall–Kier alpha value is -1.01. The van der Waals surface area contributed by atoms with Gasteiger partial charge in [0, 0.05) is 36.1 Å². The first-order chi connectivity index (χ1) is 7.75. The first-order valence-corrected chi connectivity index (χ1v) is 6.52. The summed E-state index contributed by atoms with van der Waals surface area (Å²) in [5, 5.41) is 12.8. The Morgan fingerprint density at radius 3 is 3.25 bits per heavy atom. The lowest BCUT2D eigenvalue weighted by Crippen LogP contribution is -2.40. The second kappa shape index (κ2) is 5.36. The third-order valence-electron chi connectivity index (χ3n) is 2.52. The van der Waals surface area contributed by atoms with E-state index in [0.29, 0.717) is 18.3 Å². The number of H-pyrrole nitrogens is 1. The molecule has 88 valence electrons. The Kier molecular flexibility index (Phi) is 3.84. The summed E-state index contributed by atoms with van der Waals surface area (Å²) in [5.41, 5.74) is 0.958. The number of hydrogen-bond donors (Lipinski definition) is 3. The van der Waals surface area contributed by atoms with E-state index in [1.54, 1.807) is 6.20 Å². The molecular weight excluding hydrogens is 224 g/mol. The van der Waals surface area contributed by atoms with Gasteiger partial charge in [-0.2, -0.15) is 16.9 Å². The molecule has 0 saturated carbocycles. The van der Waals surface area contributed by atoms with Crippen molar-refractivity contribution in [3.8, 4) is 0 Å². The van der Waals surface area contributed by atoms with Crippen molar-refractivity contribution in [3.63, 3.8) is 0 Å². The molecule has 1 saturated heterocycles. The predicted octanol–water partition coefficient (Wildman–Crippen LogP) is 0.752. The van der Waals surface area contributed by atoms with Crippen LogP contribution in [0.3, 0.4) is 0 Å². The summed E-state index contributed by atoms with van der Waals surface area (Å²) in [6.07, 6.45) is 2.22. The lowest BCUT2D eigenvalue weighted by Gasteiger charge is -2.22. The fraction of sp³-hybridized carbons (Fsp3) is 0.600. The minimum absolute atomic E-state index is 0.0346. The van der Waals surface area contributed by atoms with Gasteiger partial charge in [-0.3, -0.25) is 9.89 Å². The zero-order chi connectivity index (χ0) is 11.4. The van der Waals surface area contributed by atoms with Crippen LogP contribution in [0.25, 0.3) is 0 Å². The monoisotopic (exact) mass is 240 g/mol. The van der Waals surface area contributed by atoms with E-state index in [0.717, 1.165) is 23.6 Å². The number of aryl methyl sites for hydroxylation is 1. The SMILES string of the molecule is Cc1cn[nH]c1NC(=O)CC1CSCCN1. The Balaban J connectivity index is 1.82. The van der Waals surface area contributed by atoms with Gasteiger partial charge >= 0.3 is 0 Å². The van der Waals surface area contributed by atoms with E-state index < -0.39 is 0 Å². The average Bonchev–Trinajstić information content (AvgIpc) is 2.66. The van der Waals surface area contributed by atoms with Crippen molar-refractivity contribution >= 4 is 23.5 Å². The smallest absolute Gasteiger partial charge is 0.227 e. The van der Waals surface area contributed by atoms with Crippen molar-refractivity contribution in [1.29, 1.82) is 0 Å². The Morgan fingerprint density at radius 2 is 2.62 bits per heavy atom. The number of carbonyl (C=O) groups is 1. The molecule has 1 aromatic rings. The largest absolute Gasteiger partial charge is 0.312 e. The summed E-state index contributed by atoms with van der Waals surface area (Å²) in [6, 6.07) is 0.293. The van der Waals surface area contributed by atoms with Gasteiger partial charge in [-0.15, -0.1) is 0 Å². The molecule has 0 radical (unpaired) electrons. The van der Waals surface area contributed by atoms with Crippen LogP contribution in [0, 0.1) is 6.92 Å². The summed E-state index contributed by atoms with van der Waals surface area (Å²) < 4.78 is 0. The fourth-order valence-corrected chi connectivity index (χ4v) is 2.59. The number of thioether (sulfide) groups is 1. The molecule has 1 fully saturated rings. The van der Waals surface area contributed by atoms with Crippen molar-refractivity contribution < 1.29 is 4.79 Å². The molecule has 0 aliphatic carbocycles. The van der Waals surface area contributed by atoms with Crippen LogP contribution in [0.4, 0.5) is 5.82 Å². The molecule has 1 aliphatic rings. The van der Waals surface area contributed by atoms with Crippen LogP contribution in [0.2, 0.25) is 0 Å². The molecule has 3 N–H and O–H groups in total. The molecule has 1 aliphatic heterocycles. The molecule has 0 bridgehead atoms. The van der Waals surface area contributed by atoms with Gasteiger partial charge in [0.05, 0.1) is 6.20 Å². The third kappa shape index (κ3) is 2.99. The summed E-state index contributed by atoms with van der Waals surface area (Å²) in [4.78, 5) is 11.7. The van der Waals surface area contributed by atoms with Crippen LogP contribution < -0.4 is 10.6 Å². The normalized spacial score (nSPS) is 20.7. The highest BCUT2D eigenvalue weighted by Crippen LogP contribution is 2.12. The van der Waals surface area contributed by atoms with E-state index in [1.165, 1.54) is 0 Å². The van der Waals surface area contributed by atoms with E-state index in [2.05, 4.69) is 20.8 Å². The number of nitrogens with zero attached hydrogens (tertiary/aromatic N) is 1. The van der Waals surface area contributed by atoms with Crippen molar-refractivity contribution in [3.05, 3.63) is 11.8 Å². The molecule has 2 heterocycles. The minimum atomic E-state index is 0.0346. The van der Waals surface area contributed by atoms with Gasteiger partial charge in [0.2, 0.25) is 5.91 Å². The van der Waals surface area contributed by atoms with Crippen molar-refractivity contribution in [2.75, 3.05) is 23.4 Å². The second-order valence-corrected chi connectivity index (χ2v) is 5.06. The van der Waals surface area contributed by atoms with Crippen LogP contribution in [0.15, 0.2) is 6.20 Å². The zero-order valence-electron chi connectivity index (χ0n) is 9.25. The van der Waals surface area contributed by atoms with Gasteiger partial charge in [0.25, 0.3) is 0 Å². The summed E-state index contributed by atoms with van der Waals surface area (Å²) in [6.45, 7) is 2.90. The molecule has 1 amide bonds. The van der Waals surface area contributed by atoms with Gasteiger partial charge in [-0.25, -0.2) is 0 Å². The highest BCUT2D eigenvalue weighted by atomic mass is 32.2. The highest BCUT2D eigenvalue weighted by Gasteiger charge is 2.17. The number of rotatable bonds is 3. The molecule has 0 aromatic carbocycles. The first-order valence-electron chi connectivity index (χ1n) is 5.36. The number of aromatic nitrogens is 2. The van der Waals surface area contributed by atoms with E-state index in [1.807, 2.05) is 18.7 Å². The molecule has 1 aromatic heterocycles. The predicted molar refractivity (Wildman–Crippen MR) is 65.7 cm³/mol. The topological polar surface area (TPSA) is 69.8 Å². The maximum absolute atomic E-state index is 11.7. The number of nitrogens with one attached hydrogen (secondary N) is 3. The molecule has 0 spiro atoms. The van der Waals surface area contributed by atoms with Crippen LogP contribution in [-0.2, 0) is 4.79 Å². The standard InChI is InChI=1S/C10H16N4OS/c1-7-5-12-14-10(7)13-9(15)4-8-6-16-3-2-11-8/h5,8,11H,2-4,6H2,1H3,(H2,12,13,14,15). The lowest BCUT2D eigenvalue weighted by molar-refractivity contribution is -0.116. The molecule has 1 unspecified atom stereocenters. The highest BCUT2D eigenvalue weighted by molar-refractivity contribution is 7.99. The fourth-order valence-electron chi connectivity index (χ4n) is 1.64. The summed E-state index contributed by atoms with van der Waals surface area (Å²) >= 11 is 1.89. The number of anilines is 1. The quantitative estimate of drug-likeness (QED) is 0.729. The Labute approximate surface area is 98.8 Å². The average molecular weight is 240 g/mol. The Morgan fingerprint density at radius 1 is 1.75 bits per heavy atom. The second-order valence-electron chi connectivity index (χ2n) is 3.91. The van der Waals surface area contributed by atoms with Crippen LogP contribution in [0.1, 0.15) is 12.0 Å². The Bertz CT molecular complexity index is 359. The van der Waals surface area contributed by atoms with E-state index >= 15 is 0 Å². The van der Waals surface area contributed by atoms with Crippen LogP contribution in [0.5, 0.6) is 0 Å². The number of aromatic amines is 1. The third-order valence-corrected chi connectivity index (χ3v) is 3.65. The lowest BCUT2D eigenvalue weighted by atomic mass is 10.2. The van der Waals surface area contributed by atoms with Crippen LogP contribution >= 0.6 is 11.8 Å². The summed E-state index contributed by atoms with van der Waals surface area (Å²) in [5.74, 6) is 2.88. The molecule has 6 heteroatoms. The molecule has 16 heavy (non-hydrogen) atoms. The number of hydrogen-bond acceptors (Lipinski definition) is 4. The number of carbonyl (C=O) groups excluding carboxylic acids is 1. The maximum atomic E-state index is 11.7. The summed E-state index contributed by atoms with van der Waals surface area (Å²) in [7, 11) is 0. The number of amides is 1. The van der Waals surface area contributed by atoms with Gasteiger partial charge in [-0.05, 0) is 6.92 Å².